The van der Waals surface area contributed by atoms with Crippen LogP contribution in [-0.2, 0) is 38.5 Å². The molecule has 34 heavy (non-hydrogen) atoms. The predicted octanol–water partition coefficient (Wildman–Crippen LogP) is 9.05. The van der Waals surface area contributed by atoms with Crippen LogP contribution >= 0.6 is 0 Å². The van der Waals surface area contributed by atoms with Crippen molar-refractivity contribution in [3.05, 3.63) is 130 Å². The topological polar surface area (TPSA) is 0 Å². The van der Waals surface area contributed by atoms with E-state index >= 15 is 0 Å². The first kappa shape index (κ1) is 25.8. The fourth-order valence-electron chi connectivity index (χ4n) is 4.40. The molecule has 0 N–H and O–H groups in total. The lowest BCUT2D eigenvalue weighted by Gasteiger charge is -2.07. The van der Waals surface area contributed by atoms with Gasteiger partial charge in [-0.15, -0.1) is 0 Å². The van der Waals surface area contributed by atoms with Gasteiger partial charge in [0.25, 0.3) is 0 Å². The highest BCUT2D eigenvalue weighted by molar-refractivity contribution is 5.27. The summed E-state index contributed by atoms with van der Waals surface area (Å²) >= 11 is 0. The van der Waals surface area contributed by atoms with E-state index in [1.807, 2.05) is 0 Å². The van der Waals surface area contributed by atoms with E-state index in [2.05, 4.69) is 111 Å². The van der Waals surface area contributed by atoms with Crippen molar-refractivity contribution in [1.82, 2.24) is 0 Å². The second-order valence-corrected chi connectivity index (χ2v) is 9.37. The summed E-state index contributed by atoms with van der Waals surface area (Å²) in [6, 6.07) is 27.7. The van der Waals surface area contributed by atoms with Crippen molar-refractivity contribution in [3.63, 3.8) is 0 Å². The monoisotopic (exact) mass is 450 g/mol. The van der Waals surface area contributed by atoms with Gasteiger partial charge in [0.1, 0.15) is 0 Å². The highest BCUT2D eigenvalue weighted by atomic mass is 14.1. The van der Waals surface area contributed by atoms with Crippen LogP contribution in [0.4, 0.5) is 0 Å². The predicted molar refractivity (Wildman–Crippen MR) is 150 cm³/mol. The molecule has 0 bridgehead atoms. The summed E-state index contributed by atoms with van der Waals surface area (Å²) in [5, 5.41) is 0. The van der Waals surface area contributed by atoms with Gasteiger partial charge in [-0.25, -0.2) is 0 Å². The molecule has 0 heteroatoms. The Balaban J connectivity index is 1.34. The average Bonchev–Trinajstić information content (AvgIpc) is 2.88. The van der Waals surface area contributed by atoms with Gasteiger partial charge >= 0.3 is 0 Å². The quantitative estimate of drug-likeness (QED) is 0.170. The molecule has 0 saturated carbocycles. The maximum Gasteiger partial charge on any atom is -0.0238 e. The van der Waals surface area contributed by atoms with Crippen LogP contribution in [0, 0.1) is 0 Å². The van der Waals surface area contributed by atoms with Crippen LogP contribution in [0.5, 0.6) is 0 Å². The molecule has 0 aliphatic carbocycles. The summed E-state index contributed by atoms with van der Waals surface area (Å²) in [4.78, 5) is 0. The van der Waals surface area contributed by atoms with Gasteiger partial charge in [-0.1, -0.05) is 97.1 Å². The second kappa shape index (κ2) is 15.1. The Hall–Kier alpha value is -2.86. The third kappa shape index (κ3) is 9.56. The summed E-state index contributed by atoms with van der Waals surface area (Å²) in [5.41, 5.74) is 8.69. The highest BCUT2D eigenvalue weighted by Gasteiger charge is 2.00. The molecule has 0 aliphatic heterocycles. The van der Waals surface area contributed by atoms with Crippen LogP contribution in [0.2, 0.25) is 0 Å². The van der Waals surface area contributed by atoms with Crippen LogP contribution in [0.1, 0.15) is 72.9 Å². The molecule has 0 aliphatic rings. The van der Waals surface area contributed by atoms with Gasteiger partial charge in [0.05, 0.1) is 0 Å². The zero-order valence-corrected chi connectivity index (χ0v) is 21.3. The van der Waals surface area contributed by atoms with E-state index in [1.165, 1.54) is 59.1 Å². The summed E-state index contributed by atoms with van der Waals surface area (Å²) < 4.78 is 0. The lowest BCUT2D eigenvalue weighted by molar-refractivity contribution is 0.733. The third-order valence-corrected chi connectivity index (χ3v) is 6.62. The van der Waals surface area contributed by atoms with E-state index in [0.717, 1.165) is 38.5 Å². The normalized spacial score (nSPS) is 11.6. The van der Waals surface area contributed by atoms with Crippen molar-refractivity contribution < 1.29 is 0 Å². The van der Waals surface area contributed by atoms with Gasteiger partial charge in [0.15, 0.2) is 0 Å². The molecule has 3 aromatic carbocycles. The maximum atomic E-state index is 2.33. The summed E-state index contributed by atoms with van der Waals surface area (Å²) in [6.07, 6.45) is 20.4. The molecule has 0 nitrogen and oxygen atoms in total. The SMILES string of the molecule is C/C=C/CCc1ccc(CCCCc2ccc(CCc3ccc(CC/C=C/C)cc3)cc2)cc1. The Bertz CT molecular complexity index is 985. The second-order valence-electron chi connectivity index (χ2n) is 9.37. The minimum atomic E-state index is 1.11. The van der Waals surface area contributed by atoms with Gasteiger partial charge in [0.2, 0.25) is 0 Å². The molecule has 0 radical (unpaired) electrons. The van der Waals surface area contributed by atoms with Crippen molar-refractivity contribution in [2.75, 3.05) is 0 Å². The molecular weight excluding hydrogens is 408 g/mol. The molecule has 0 atom stereocenters. The fraction of sp³-hybridized carbons (Fsp3) is 0.353. The van der Waals surface area contributed by atoms with Crippen molar-refractivity contribution in [2.24, 2.45) is 0 Å². The lowest BCUT2D eigenvalue weighted by Crippen LogP contribution is -1.94. The van der Waals surface area contributed by atoms with Crippen LogP contribution in [0.15, 0.2) is 97.1 Å². The van der Waals surface area contributed by atoms with Crippen LogP contribution in [-0.4, -0.2) is 0 Å². The van der Waals surface area contributed by atoms with Crippen molar-refractivity contribution in [1.29, 1.82) is 0 Å². The minimum absolute atomic E-state index is 1.11. The maximum absolute atomic E-state index is 2.33. The van der Waals surface area contributed by atoms with Crippen molar-refractivity contribution in [3.8, 4) is 0 Å². The average molecular weight is 451 g/mol. The summed E-state index contributed by atoms with van der Waals surface area (Å²) in [7, 11) is 0. The largest absolute Gasteiger partial charge is 0.0917 e. The number of allylic oxidation sites excluding steroid dienone is 4. The number of hydrogen-bond acceptors (Lipinski definition) is 0. The molecule has 0 amide bonds. The molecule has 0 unspecified atom stereocenters. The number of unbranched alkanes of at least 4 members (excludes halogenated alkanes) is 1. The number of rotatable bonds is 14. The Morgan fingerprint density at radius 3 is 0.941 bits per heavy atom. The molecule has 178 valence electrons. The fourth-order valence-corrected chi connectivity index (χ4v) is 4.40. The molecular formula is C34H42. The Morgan fingerprint density at radius 2 is 0.647 bits per heavy atom. The molecule has 0 heterocycles. The zero-order valence-electron chi connectivity index (χ0n) is 21.3. The van der Waals surface area contributed by atoms with Crippen LogP contribution in [0.3, 0.4) is 0 Å². The van der Waals surface area contributed by atoms with Gasteiger partial charge in [-0.05, 0) is 111 Å². The van der Waals surface area contributed by atoms with Crippen LogP contribution < -0.4 is 0 Å². The minimum Gasteiger partial charge on any atom is -0.0917 e. The molecule has 3 aromatic rings. The van der Waals surface area contributed by atoms with Gasteiger partial charge in [-0.2, -0.15) is 0 Å². The van der Waals surface area contributed by atoms with Crippen LogP contribution in [0.25, 0.3) is 0 Å². The first-order valence-corrected chi connectivity index (χ1v) is 13.2. The first-order valence-electron chi connectivity index (χ1n) is 13.2. The van der Waals surface area contributed by atoms with E-state index in [1.54, 1.807) is 0 Å². The molecule has 0 spiro atoms. The number of hydrogen-bond donors (Lipinski definition) is 0. The summed E-state index contributed by atoms with van der Waals surface area (Å²) in [6.45, 7) is 4.18. The van der Waals surface area contributed by atoms with Gasteiger partial charge in [0, 0.05) is 0 Å². The van der Waals surface area contributed by atoms with E-state index in [-0.39, 0.29) is 0 Å². The van der Waals surface area contributed by atoms with E-state index in [0.29, 0.717) is 0 Å². The van der Waals surface area contributed by atoms with E-state index in [4.69, 9.17) is 0 Å². The molecule has 0 fully saturated rings. The smallest absolute Gasteiger partial charge is 0.0238 e. The highest BCUT2D eigenvalue weighted by Crippen LogP contribution is 2.15. The molecule has 0 saturated heterocycles. The van der Waals surface area contributed by atoms with E-state index < -0.39 is 0 Å². The Labute approximate surface area is 208 Å². The number of benzene rings is 3. The number of aryl methyl sites for hydroxylation is 6. The summed E-state index contributed by atoms with van der Waals surface area (Å²) in [5.74, 6) is 0. The van der Waals surface area contributed by atoms with E-state index in [9.17, 15) is 0 Å². The lowest BCUT2D eigenvalue weighted by atomic mass is 9.99. The Morgan fingerprint density at radius 1 is 0.382 bits per heavy atom. The van der Waals surface area contributed by atoms with Gasteiger partial charge < -0.3 is 0 Å². The zero-order chi connectivity index (χ0) is 23.8. The van der Waals surface area contributed by atoms with Crippen molar-refractivity contribution in [2.45, 2.75) is 78.1 Å². The van der Waals surface area contributed by atoms with Gasteiger partial charge in [-0.3, -0.25) is 0 Å². The standard InChI is InChI=1S/C34H42/c1-3-5-7-11-29-15-17-31(18-16-29)13-9-10-14-32-21-25-34(26-22-32)28-27-33-23-19-30(20-24-33)12-8-6-4-2/h3-6,15-26H,7-14,27-28H2,1-2H3/b5-3+,6-4+. The first-order chi connectivity index (χ1) is 16.8. The third-order valence-electron chi connectivity index (χ3n) is 6.62. The molecule has 3 rings (SSSR count). The van der Waals surface area contributed by atoms with Crippen molar-refractivity contribution >= 4 is 0 Å². The Kier molecular flexibility index (Phi) is 11.5. The molecule has 0 aromatic heterocycles.